The average Bonchev–Trinajstić information content (AvgIpc) is 3.63. The van der Waals surface area contributed by atoms with E-state index < -0.39 is 6.36 Å². The van der Waals surface area contributed by atoms with Crippen molar-refractivity contribution < 1.29 is 27.4 Å². The SMILES string of the molecule is COc1ccc(-c2ncsc2NC(=O)NCCc2ccc(-c3ncn(-c4ccc(OC(F)(F)F)cc4)n3)cc2)c(C)c1. The minimum atomic E-state index is -4.75. The van der Waals surface area contributed by atoms with E-state index in [4.69, 9.17) is 4.74 Å². The molecule has 2 aromatic heterocycles. The molecule has 0 spiro atoms. The molecule has 5 aromatic rings. The monoisotopic (exact) mass is 594 g/mol. The van der Waals surface area contributed by atoms with Gasteiger partial charge < -0.3 is 14.8 Å². The molecule has 0 radical (unpaired) electrons. The first-order chi connectivity index (χ1) is 20.2. The Balaban J connectivity index is 1.13. The third-order valence-electron chi connectivity index (χ3n) is 6.22. The number of amides is 2. The number of benzene rings is 3. The second-order valence-electron chi connectivity index (χ2n) is 9.09. The number of ether oxygens (including phenoxy) is 2. The molecule has 0 fully saturated rings. The van der Waals surface area contributed by atoms with Gasteiger partial charge in [0.2, 0.25) is 0 Å². The van der Waals surface area contributed by atoms with Crippen molar-refractivity contribution in [2.75, 3.05) is 19.0 Å². The Morgan fingerprint density at radius 2 is 1.74 bits per heavy atom. The predicted molar refractivity (Wildman–Crippen MR) is 153 cm³/mol. The van der Waals surface area contributed by atoms with E-state index in [0.717, 1.165) is 28.0 Å². The van der Waals surface area contributed by atoms with Gasteiger partial charge in [-0.2, -0.15) is 0 Å². The van der Waals surface area contributed by atoms with Crippen molar-refractivity contribution in [3.8, 4) is 39.8 Å². The summed E-state index contributed by atoms with van der Waals surface area (Å²) < 4.78 is 47.8. The molecule has 5 rings (SSSR count). The number of nitrogens with zero attached hydrogens (tertiary/aromatic N) is 4. The molecule has 9 nitrogen and oxygen atoms in total. The Morgan fingerprint density at radius 3 is 2.43 bits per heavy atom. The first-order valence-electron chi connectivity index (χ1n) is 12.7. The van der Waals surface area contributed by atoms with Crippen LogP contribution in [-0.4, -0.2) is 45.8 Å². The molecule has 0 atom stereocenters. The summed E-state index contributed by atoms with van der Waals surface area (Å²) in [6.07, 6.45) is -2.66. The number of methoxy groups -OCH3 is 1. The molecule has 0 aliphatic heterocycles. The van der Waals surface area contributed by atoms with Crippen molar-refractivity contribution in [3.05, 3.63) is 89.7 Å². The summed E-state index contributed by atoms with van der Waals surface area (Å²) in [5.74, 6) is 0.901. The van der Waals surface area contributed by atoms with Crippen molar-refractivity contribution in [2.24, 2.45) is 0 Å². The lowest BCUT2D eigenvalue weighted by Crippen LogP contribution is -2.30. The number of hydrogen-bond donors (Lipinski definition) is 2. The molecule has 2 amide bonds. The maximum atomic E-state index is 12.6. The predicted octanol–water partition coefficient (Wildman–Crippen LogP) is 6.64. The summed E-state index contributed by atoms with van der Waals surface area (Å²) in [5.41, 5.74) is 6.61. The van der Waals surface area contributed by atoms with Gasteiger partial charge in [0, 0.05) is 17.7 Å². The summed E-state index contributed by atoms with van der Waals surface area (Å²) >= 11 is 1.35. The van der Waals surface area contributed by atoms with Crippen LogP contribution in [0.1, 0.15) is 11.1 Å². The molecule has 0 aliphatic rings. The van der Waals surface area contributed by atoms with E-state index >= 15 is 0 Å². The van der Waals surface area contributed by atoms with Crippen LogP contribution in [0.15, 0.2) is 78.6 Å². The van der Waals surface area contributed by atoms with E-state index in [2.05, 4.69) is 30.4 Å². The van der Waals surface area contributed by atoms with E-state index in [-0.39, 0.29) is 11.8 Å². The standard InChI is InChI=1S/C29H25F3N6O3S/c1-18-15-23(40-2)11-12-24(18)25-27(42-17-35-25)36-28(39)33-14-13-19-3-5-20(6-4-19)26-34-16-38(37-26)21-7-9-22(10-8-21)41-29(30,31)32/h3-12,15-17H,13-14H2,1-2H3,(H2,33,36,39). The molecule has 42 heavy (non-hydrogen) atoms. The van der Waals surface area contributed by atoms with Crippen molar-refractivity contribution in [1.82, 2.24) is 25.1 Å². The molecule has 0 saturated carbocycles. The van der Waals surface area contributed by atoms with E-state index in [1.54, 1.807) is 12.6 Å². The Morgan fingerprint density at radius 1 is 1.00 bits per heavy atom. The summed E-state index contributed by atoms with van der Waals surface area (Å²) in [5, 5.41) is 10.8. The molecule has 3 aromatic carbocycles. The summed E-state index contributed by atoms with van der Waals surface area (Å²) in [4.78, 5) is 21.3. The van der Waals surface area contributed by atoms with Crippen LogP contribution in [0.3, 0.4) is 0 Å². The molecule has 0 bridgehead atoms. The Labute approximate surface area is 243 Å². The molecular formula is C29H25F3N6O3S. The van der Waals surface area contributed by atoms with Crippen molar-refractivity contribution >= 4 is 22.4 Å². The van der Waals surface area contributed by atoms with Crippen LogP contribution in [0.5, 0.6) is 11.5 Å². The van der Waals surface area contributed by atoms with Gasteiger partial charge in [-0.1, -0.05) is 24.3 Å². The zero-order valence-corrected chi connectivity index (χ0v) is 23.3. The molecular weight excluding hydrogens is 569 g/mol. The lowest BCUT2D eigenvalue weighted by molar-refractivity contribution is -0.274. The average molecular weight is 595 g/mol. The third kappa shape index (κ3) is 7.04. The Hall–Kier alpha value is -4.91. The van der Waals surface area contributed by atoms with Crippen LogP contribution in [-0.2, 0) is 6.42 Å². The largest absolute Gasteiger partial charge is 0.573 e. The molecule has 0 unspecified atom stereocenters. The highest BCUT2D eigenvalue weighted by molar-refractivity contribution is 7.14. The molecule has 2 N–H and O–H groups in total. The fraction of sp³-hybridized carbons (Fsp3) is 0.172. The van der Waals surface area contributed by atoms with E-state index in [0.29, 0.717) is 35.2 Å². The number of urea groups is 1. The van der Waals surface area contributed by atoms with Gasteiger partial charge >= 0.3 is 12.4 Å². The second kappa shape index (κ2) is 12.3. The maximum absolute atomic E-state index is 12.6. The van der Waals surface area contributed by atoms with Gasteiger partial charge in [-0.3, -0.25) is 5.32 Å². The van der Waals surface area contributed by atoms with Gasteiger partial charge in [0.05, 0.1) is 18.3 Å². The second-order valence-corrected chi connectivity index (χ2v) is 9.95. The highest BCUT2D eigenvalue weighted by Gasteiger charge is 2.31. The van der Waals surface area contributed by atoms with Gasteiger partial charge in [-0.25, -0.2) is 19.4 Å². The zero-order chi connectivity index (χ0) is 29.7. The van der Waals surface area contributed by atoms with Gasteiger partial charge in [0.1, 0.15) is 28.5 Å². The summed E-state index contributed by atoms with van der Waals surface area (Å²) in [6.45, 7) is 2.38. The molecule has 216 valence electrons. The minimum Gasteiger partial charge on any atom is -0.497 e. The topological polar surface area (TPSA) is 103 Å². The smallest absolute Gasteiger partial charge is 0.497 e. The number of thiazole rings is 1. The number of carbonyl (C=O) groups excluding carboxylic acids is 1. The van der Waals surface area contributed by atoms with Crippen LogP contribution in [0.4, 0.5) is 23.0 Å². The zero-order valence-electron chi connectivity index (χ0n) is 22.5. The first kappa shape index (κ1) is 28.6. The Bertz CT molecular complexity index is 1670. The van der Waals surface area contributed by atoms with Gasteiger partial charge in [0.15, 0.2) is 5.82 Å². The number of aromatic nitrogens is 4. The van der Waals surface area contributed by atoms with Crippen LogP contribution >= 0.6 is 11.3 Å². The number of hydrogen-bond acceptors (Lipinski definition) is 7. The van der Waals surface area contributed by atoms with Gasteiger partial charge in [0.25, 0.3) is 0 Å². The van der Waals surface area contributed by atoms with Crippen molar-refractivity contribution in [2.45, 2.75) is 19.7 Å². The quantitative estimate of drug-likeness (QED) is 0.198. The van der Waals surface area contributed by atoms with E-state index in [1.165, 1.54) is 46.6 Å². The highest BCUT2D eigenvalue weighted by Crippen LogP contribution is 2.34. The first-order valence-corrected chi connectivity index (χ1v) is 13.6. The molecule has 13 heteroatoms. The fourth-order valence-electron chi connectivity index (χ4n) is 4.16. The van der Waals surface area contributed by atoms with Crippen LogP contribution in [0, 0.1) is 6.92 Å². The third-order valence-corrected chi connectivity index (χ3v) is 6.96. The summed E-state index contributed by atoms with van der Waals surface area (Å²) in [7, 11) is 1.61. The van der Waals surface area contributed by atoms with Crippen molar-refractivity contribution in [3.63, 3.8) is 0 Å². The van der Waals surface area contributed by atoms with Crippen molar-refractivity contribution in [1.29, 1.82) is 0 Å². The van der Waals surface area contributed by atoms with Crippen LogP contribution in [0.25, 0.3) is 28.3 Å². The molecule has 0 aliphatic carbocycles. The van der Waals surface area contributed by atoms with E-state index in [9.17, 15) is 18.0 Å². The van der Waals surface area contributed by atoms with Crippen LogP contribution in [0.2, 0.25) is 0 Å². The molecule has 2 heterocycles. The Kier molecular flexibility index (Phi) is 8.38. The number of aryl methyl sites for hydroxylation is 1. The maximum Gasteiger partial charge on any atom is 0.573 e. The number of halogens is 3. The number of rotatable bonds is 9. The van der Waals surface area contributed by atoms with Crippen LogP contribution < -0.4 is 20.1 Å². The normalized spacial score (nSPS) is 11.3. The van der Waals surface area contributed by atoms with Gasteiger partial charge in [-0.05, 0) is 66.9 Å². The number of alkyl halides is 3. The number of carbonyl (C=O) groups is 1. The number of anilines is 1. The minimum absolute atomic E-state index is 0.314. The number of nitrogens with one attached hydrogen (secondary N) is 2. The van der Waals surface area contributed by atoms with E-state index in [1.807, 2.05) is 49.4 Å². The fourth-order valence-corrected chi connectivity index (χ4v) is 4.85. The summed E-state index contributed by atoms with van der Waals surface area (Å²) in [6, 6.07) is 18.3. The lowest BCUT2D eigenvalue weighted by Gasteiger charge is -2.10. The molecule has 0 saturated heterocycles. The lowest BCUT2D eigenvalue weighted by atomic mass is 10.1. The van der Waals surface area contributed by atoms with Gasteiger partial charge in [-0.15, -0.1) is 29.6 Å². The highest BCUT2D eigenvalue weighted by atomic mass is 32.1.